The highest BCUT2D eigenvalue weighted by Crippen LogP contribution is 2.60. The highest BCUT2D eigenvalue weighted by molar-refractivity contribution is 5.07. The molecule has 0 aromatic heterocycles. The Hall–Kier alpha value is -2.05. The third-order valence-electron chi connectivity index (χ3n) is 4.41. The summed E-state index contributed by atoms with van der Waals surface area (Å²) in [6, 6.07) is 0. The third-order valence-corrected chi connectivity index (χ3v) is 4.41. The van der Waals surface area contributed by atoms with Crippen molar-refractivity contribution in [3.8, 4) is 0 Å². The lowest BCUT2D eigenvalue weighted by Crippen LogP contribution is -2.70. The van der Waals surface area contributed by atoms with Gasteiger partial charge in [0.25, 0.3) is 0 Å². The van der Waals surface area contributed by atoms with Gasteiger partial charge in [0.2, 0.25) is 0 Å². The fourth-order valence-electron chi connectivity index (χ4n) is 1.99. The Morgan fingerprint density at radius 2 is 0.533 bits per heavy atom. The Labute approximate surface area is 224 Å². The lowest BCUT2D eigenvalue weighted by atomic mass is 9.97. The first-order valence-corrected chi connectivity index (χ1v) is 9.25. The van der Waals surface area contributed by atoms with Crippen LogP contribution in [-0.2, 0) is 14.2 Å². The van der Waals surface area contributed by atoms with Gasteiger partial charge >= 0.3 is 78.4 Å². The minimum atomic E-state index is -8.51. The average Bonchev–Trinajstić information content (AvgIpc) is 2.74. The topological polar surface area (TPSA) is 47.9 Å². The number of alkyl halides is 27. The largest absolute Gasteiger partial charge is 0.460 e. The Morgan fingerprint density at radius 3 is 0.800 bits per heavy atom. The van der Waals surface area contributed by atoms with E-state index in [4.69, 9.17) is 5.11 Å². The Bertz CT molecular complexity index is 1040. The lowest BCUT2D eigenvalue weighted by molar-refractivity contribution is -0.571. The minimum Gasteiger partial charge on any atom is -0.390 e. The first-order valence-electron chi connectivity index (χ1n) is 9.25. The molecular weight excluding hydrogens is 745 g/mol. The lowest BCUT2D eigenvalue weighted by Gasteiger charge is -2.41. The van der Waals surface area contributed by atoms with Crippen molar-refractivity contribution < 1.29 is 138 Å². The number of rotatable bonds is 14. The quantitative estimate of drug-likeness (QED) is 0.183. The summed E-state index contributed by atoms with van der Waals surface area (Å²) in [5, 5.41) is 8.23. The van der Waals surface area contributed by atoms with Crippen LogP contribution in [0.4, 0.5) is 119 Å². The molecule has 0 saturated carbocycles. The number of ether oxygens (including phenoxy) is 3. The van der Waals surface area contributed by atoms with E-state index in [0.29, 0.717) is 0 Å². The van der Waals surface area contributed by atoms with Gasteiger partial charge in [0.05, 0.1) is 0 Å². The van der Waals surface area contributed by atoms with Gasteiger partial charge in [-0.2, -0.15) is 114 Å². The second-order valence-corrected chi connectivity index (χ2v) is 7.64. The summed E-state index contributed by atoms with van der Waals surface area (Å²) in [5.74, 6) is -49.4. The highest BCUT2D eigenvalue weighted by atomic mass is 19.4. The molecule has 0 spiro atoms. The third kappa shape index (κ3) is 6.70. The molecule has 0 aliphatic heterocycles. The van der Waals surface area contributed by atoms with Gasteiger partial charge in [0.15, 0.2) is 0 Å². The summed E-state index contributed by atoms with van der Waals surface area (Å²) in [6.45, 7) is -4.19. The van der Waals surface area contributed by atoms with Gasteiger partial charge in [-0.25, -0.2) is 13.9 Å². The molecule has 4 nitrogen and oxygen atoms in total. The fraction of sp³-hybridized carbons (Fsp3) is 1.00. The Balaban J connectivity index is 6.66. The Morgan fingerprint density at radius 1 is 0.289 bits per heavy atom. The van der Waals surface area contributed by atoms with Crippen molar-refractivity contribution in [2.24, 2.45) is 0 Å². The molecule has 272 valence electrons. The van der Waals surface area contributed by atoms with Crippen molar-refractivity contribution in [1.29, 1.82) is 0 Å². The minimum absolute atomic E-state index is 0.971. The summed E-state index contributed by atoms with van der Waals surface area (Å²) in [4.78, 5) is 0. The molecule has 0 saturated heterocycles. The van der Waals surface area contributed by atoms with Crippen LogP contribution in [-0.4, -0.2) is 90.1 Å². The zero-order valence-corrected chi connectivity index (χ0v) is 19.1. The van der Waals surface area contributed by atoms with Crippen LogP contribution in [0.5, 0.6) is 0 Å². The van der Waals surface area contributed by atoms with E-state index >= 15 is 0 Å². The molecule has 0 aromatic carbocycles. The summed E-state index contributed by atoms with van der Waals surface area (Å²) < 4.78 is 353. The molecule has 0 radical (unpaired) electrons. The van der Waals surface area contributed by atoms with E-state index in [2.05, 4.69) is 0 Å². The van der Waals surface area contributed by atoms with Crippen LogP contribution in [0, 0.1) is 0 Å². The zero-order valence-electron chi connectivity index (χ0n) is 19.1. The van der Waals surface area contributed by atoms with Crippen molar-refractivity contribution in [1.82, 2.24) is 0 Å². The van der Waals surface area contributed by atoms with Crippen molar-refractivity contribution in [2.45, 2.75) is 78.4 Å². The summed E-state index contributed by atoms with van der Waals surface area (Å²) >= 11 is 0. The number of aliphatic hydroxyl groups is 1. The van der Waals surface area contributed by atoms with Gasteiger partial charge < -0.3 is 5.11 Å². The molecule has 1 unspecified atom stereocenters. The van der Waals surface area contributed by atoms with Crippen molar-refractivity contribution in [3.63, 3.8) is 0 Å². The molecule has 0 aliphatic carbocycles. The van der Waals surface area contributed by atoms with E-state index in [0.717, 1.165) is 9.47 Å². The summed E-state index contributed by atoms with van der Waals surface area (Å²) in [6.07, 6.45) is -57.3. The van der Waals surface area contributed by atoms with Gasteiger partial charge in [-0.3, -0.25) is 4.74 Å². The molecule has 0 bridgehead atoms. The van der Waals surface area contributed by atoms with Crippen LogP contribution in [0.15, 0.2) is 0 Å². The molecule has 1 N–H and O–H groups in total. The molecule has 0 heterocycles. The van der Waals surface area contributed by atoms with Gasteiger partial charge in [-0.15, -0.1) is 0 Å². The van der Waals surface area contributed by atoms with Crippen molar-refractivity contribution in [2.75, 3.05) is 6.61 Å². The first-order chi connectivity index (χ1) is 18.9. The predicted molar refractivity (Wildman–Crippen MR) is 75.8 cm³/mol. The predicted octanol–water partition coefficient (Wildman–Crippen LogP) is 7.96. The normalized spacial score (nSPS) is 17.9. The molecule has 0 aliphatic rings. The van der Waals surface area contributed by atoms with Crippen LogP contribution in [0.3, 0.4) is 0 Å². The van der Waals surface area contributed by atoms with E-state index in [1.807, 2.05) is 0 Å². The molecular formula is C14H3F27O4. The average molecular weight is 748 g/mol. The SMILES string of the molecule is OCC(F)(OC(F)(F)C(F)(F)OC(F)(F)C(F)(F)OC(F)(F)C(F)(F)C(F)(F)C(F)(F)F)C(F)(F)C(F)(F)C(F)(F)C(F)(F)F. The number of hydrogen-bond donors (Lipinski definition) is 1. The maximum Gasteiger partial charge on any atom is 0.460 e. The van der Waals surface area contributed by atoms with Crippen molar-refractivity contribution >= 4 is 0 Å². The number of aliphatic hydroxyl groups excluding tert-OH is 1. The molecule has 0 fully saturated rings. The monoisotopic (exact) mass is 748 g/mol. The second kappa shape index (κ2) is 11.0. The van der Waals surface area contributed by atoms with Crippen LogP contribution in [0.25, 0.3) is 0 Å². The Kier molecular flexibility index (Phi) is 10.5. The van der Waals surface area contributed by atoms with E-state index in [1.165, 1.54) is 4.74 Å². The standard InChI is InChI=1S/C14H3F27O4/c15-2(1-42,3(16,17)4(18,19)5(20,21)8(26,27)28)43-11(34,35)12(36,37)45-14(40,41)13(38,39)44-10(32,33)7(24,25)6(22,23)9(29,30)31/h42H,1H2. The van der Waals surface area contributed by atoms with E-state index in [-0.39, 0.29) is 0 Å². The molecule has 45 heavy (non-hydrogen) atoms. The van der Waals surface area contributed by atoms with Gasteiger partial charge in [-0.05, 0) is 0 Å². The summed E-state index contributed by atoms with van der Waals surface area (Å²) in [7, 11) is 0. The van der Waals surface area contributed by atoms with E-state index < -0.39 is 85.0 Å². The molecule has 0 rings (SSSR count). The maximum absolute atomic E-state index is 14.0. The van der Waals surface area contributed by atoms with Crippen LogP contribution in [0.2, 0.25) is 0 Å². The second-order valence-electron chi connectivity index (χ2n) is 7.64. The summed E-state index contributed by atoms with van der Waals surface area (Å²) in [5.41, 5.74) is 0. The molecule has 1 atom stereocenters. The zero-order chi connectivity index (χ0) is 37.3. The smallest absolute Gasteiger partial charge is 0.390 e. The number of halogens is 27. The van der Waals surface area contributed by atoms with Crippen LogP contribution >= 0.6 is 0 Å². The first kappa shape index (κ1) is 43.0. The van der Waals surface area contributed by atoms with Crippen LogP contribution < -0.4 is 0 Å². The molecule has 0 amide bonds. The van der Waals surface area contributed by atoms with Crippen LogP contribution in [0.1, 0.15) is 0 Å². The highest BCUT2D eigenvalue weighted by Gasteiger charge is 2.89. The van der Waals surface area contributed by atoms with Gasteiger partial charge in [0.1, 0.15) is 6.61 Å². The van der Waals surface area contributed by atoms with Crippen molar-refractivity contribution in [3.05, 3.63) is 0 Å². The van der Waals surface area contributed by atoms with Gasteiger partial charge in [-0.1, -0.05) is 0 Å². The van der Waals surface area contributed by atoms with E-state index in [9.17, 15) is 119 Å². The fourth-order valence-corrected chi connectivity index (χ4v) is 1.99. The van der Waals surface area contributed by atoms with Gasteiger partial charge in [0, 0.05) is 0 Å². The molecule has 0 aromatic rings. The van der Waals surface area contributed by atoms with E-state index in [1.54, 1.807) is 0 Å². The maximum atomic E-state index is 14.0. The number of hydrogen-bond acceptors (Lipinski definition) is 4. The molecule has 31 heteroatoms.